The summed E-state index contributed by atoms with van der Waals surface area (Å²) in [6, 6.07) is 29.4. The van der Waals surface area contributed by atoms with E-state index in [4.69, 9.17) is 9.16 Å². The van der Waals surface area contributed by atoms with E-state index >= 15 is 0 Å². The van der Waals surface area contributed by atoms with Gasteiger partial charge in [-0.1, -0.05) is 112 Å². The fourth-order valence-corrected chi connectivity index (χ4v) is 9.96. The van der Waals surface area contributed by atoms with Crippen molar-refractivity contribution in [3.05, 3.63) is 96.6 Å². The van der Waals surface area contributed by atoms with Crippen LogP contribution in [0.3, 0.4) is 0 Å². The smallest absolute Gasteiger partial charge is 0.261 e. The van der Waals surface area contributed by atoms with Gasteiger partial charge in [0.05, 0.1) is 25.4 Å². The van der Waals surface area contributed by atoms with Crippen molar-refractivity contribution >= 4 is 24.6 Å². The number of hydrogen-bond acceptors (Lipinski definition) is 5. The monoisotopic (exact) mass is 533 g/mol. The molecule has 1 saturated heterocycles. The van der Waals surface area contributed by atoms with Gasteiger partial charge in [-0.2, -0.15) is 0 Å². The fraction of sp³-hybridized carbons (Fsp3) is 0.387. The molecule has 6 nitrogen and oxygen atoms in total. The van der Waals surface area contributed by atoms with Crippen LogP contribution in [0.2, 0.25) is 5.04 Å². The summed E-state index contributed by atoms with van der Waals surface area (Å²) in [5.41, 5.74) is 1.01. The second-order valence-corrected chi connectivity index (χ2v) is 15.3. The second-order valence-electron chi connectivity index (χ2n) is 11.0. The summed E-state index contributed by atoms with van der Waals surface area (Å²) < 4.78 is 12.9. The number of aliphatic hydroxyl groups excluding tert-OH is 2. The van der Waals surface area contributed by atoms with Gasteiger partial charge in [0, 0.05) is 6.42 Å². The van der Waals surface area contributed by atoms with Gasteiger partial charge in [0.2, 0.25) is 5.91 Å². The standard InChI is InChI=1S/C31H39NO5Si/c1-31(2,3)38(24-15-9-5-10-16-24,25-17-11-6-12-18-25)37-22-26(33)30(35)29-27(19-20-28(34)32-29)36-21-23-13-7-4-8-14-23/h4-18,26-27,29-30,33,35H,19-22H2,1-3H3,(H,32,34)/t26-,27-,29-,30-/m1/s1. The summed E-state index contributed by atoms with van der Waals surface area (Å²) in [4.78, 5) is 12.3. The number of hydrogen-bond donors (Lipinski definition) is 3. The van der Waals surface area contributed by atoms with Crippen LogP contribution in [0.15, 0.2) is 91.0 Å². The van der Waals surface area contributed by atoms with Gasteiger partial charge >= 0.3 is 0 Å². The van der Waals surface area contributed by atoms with Crippen molar-refractivity contribution in [2.45, 2.75) is 69.6 Å². The van der Waals surface area contributed by atoms with Gasteiger partial charge in [0.1, 0.15) is 12.2 Å². The largest absolute Gasteiger partial charge is 0.405 e. The molecule has 0 aromatic heterocycles. The molecule has 0 aliphatic carbocycles. The second kappa shape index (κ2) is 12.4. The fourth-order valence-electron chi connectivity index (χ4n) is 5.38. The Morgan fingerprint density at radius 2 is 1.42 bits per heavy atom. The zero-order valence-corrected chi connectivity index (χ0v) is 23.4. The maximum absolute atomic E-state index is 12.3. The molecule has 4 rings (SSSR count). The first-order chi connectivity index (χ1) is 18.2. The average Bonchev–Trinajstić information content (AvgIpc) is 2.93. The molecule has 202 valence electrons. The van der Waals surface area contributed by atoms with Gasteiger partial charge in [0.25, 0.3) is 8.32 Å². The summed E-state index contributed by atoms with van der Waals surface area (Å²) in [7, 11) is -2.89. The molecular weight excluding hydrogens is 494 g/mol. The van der Waals surface area contributed by atoms with Crippen LogP contribution in [0.1, 0.15) is 39.2 Å². The first-order valence-electron chi connectivity index (χ1n) is 13.3. The number of benzene rings is 3. The van der Waals surface area contributed by atoms with Crippen LogP contribution in [0, 0.1) is 0 Å². The first kappa shape index (κ1) is 28.2. The number of carbonyl (C=O) groups excluding carboxylic acids is 1. The molecule has 1 aliphatic heterocycles. The summed E-state index contributed by atoms with van der Waals surface area (Å²) >= 11 is 0. The van der Waals surface area contributed by atoms with E-state index < -0.39 is 32.7 Å². The predicted octanol–water partition coefficient (Wildman–Crippen LogP) is 3.15. The zero-order chi connectivity index (χ0) is 27.2. The Bertz CT molecular complexity index is 1110. The lowest BCUT2D eigenvalue weighted by molar-refractivity contribution is -0.135. The summed E-state index contributed by atoms with van der Waals surface area (Å²) in [6.45, 7) is 6.77. The highest BCUT2D eigenvalue weighted by Gasteiger charge is 2.51. The molecule has 3 aromatic carbocycles. The van der Waals surface area contributed by atoms with E-state index in [-0.39, 0.29) is 17.6 Å². The van der Waals surface area contributed by atoms with Gasteiger partial charge in [0.15, 0.2) is 0 Å². The van der Waals surface area contributed by atoms with E-state index in [1.165, 1.54) is 0 Å². The molecule has 1 aliphatic rings. The van der Waals surface area contributed by atoms with E-state index in [0.29, 0.717) is 19.4 Å². The molecule has 1 amide bonds. The van der Waals surface area contributed by atoms with E-state index in [1.54, 1.807) is 0 Å². The zero-order valence-electron chi connectivity index (χ0n) is 22.4. The maximum Gasteiger partial charge on any atom is 0.261 e. The van der Waals surface area contributed by atoms with Gasteiger partial charge in [-0.05, 0) is 27.4 Å². The number of rotatable bonds is 10. The Balaban J connectivity index is 1.55. The van der Waals surface area contributed by atoms with Crippen molar-refractivity contribution in [3.63, 3.8) is 0 Å². The third kappa shape index (κ3) is 6.25. The number of amides is 1. The van der Waals surface area contributed by atoms with Gasteiger partial charge in [-0.3, -0.25) is 4.79 Å². The van der Waals surface area contributed by atoms with Crippen LogP contribution in [0.4, 0.5) is 0 Å². The Kier molecular flexibility index (Phi) is 9.18. The Labute approximate surface area is 226 Å². The predicted molar refractivity (Wildman–Crippen MR) is 152 cm³/mol. The van der Waals surface area contributed by atoms with Crippen molar-refractivity contribution in [2.75, 3.05) is 6.61 Å². The topological polar surface area (TPSA) is 88.0 Å². The highest BCUT2D eigenvalue weighted by atomic mass is 28.4. The van der Waals surface area contributed by atoms with Gasteiger partial charge < -0.3 is 24.7 Å². The SMILES string of the molecule is CC(C)(C)[Si](OC[C@@H](O)[C@@H](O)[C@@H]1NC(=O)CC[C@H]1OCc1ccccc1)(c1ccccc1)c1ccccc1. The Morgan fingerprint density at radius 3 is 1.95 bits per heavy atom. The van der Waals surface area contributed by atoms with Crippen LogP contribution in [-0.4, -0.2) is 55.4 Å². The molecule has 3 N–H and O–H groups in total. The van der Waals surface area contributed by atoms with Crippen LogP contribution in [0.5, 0.6) is 0 Å². The van der Waals surface area contributed by atoms with E-state index in [0.717, 1.165) is 15.9 Å². The van der Waals surface area contributed by atoms with Crippen molar-refractivity contribution in [2.24, 2.45) is 0 Å². The minimum absolute atomic E-state index is 0.0772. The molecule has 7 heteroatoms. The van der Waals surface area contributed by atoms with E-state index in [1.807, 2.05) is 66.7 Å². The molecule has 0 bridgehead atoms. The molecule has 4 atom stereocenters. The molecular formula is C31H39NO5Si. The van der Waals surface area contributed by atoms with Gasteiger partial charge in [-0.15, -0.1) is 0 Å². The number of ether oxygens (including phenoxy) is 1. The number of carbonyl (C=O) groups is 1. The summed E-state index contributed by atoms with van der Waals surface area (Å²) in [5, 5.41) is 27.3. The third-order valence-corrected chi connectivity index (χ3v) is 12.3. The van der Waals surface area contributed by atoms with Crippen LogP contribution in [0.25, 0.3) is 0 Å². The van der Waals surface area contributed by atoms with Crippen molar-refractivity contribution in [1.29, 1.82) is 0 Å². The minimum Gasteiger partial charge on any atom is -0.405 e. The number of aliphatic hydroxyl groups is 2. The van der Waals surface area contributed by atoms with E-state index in [2.05, 4.69) is 50.4 Å². The van der Waals surface area contributed by atoms with Crippen LogP contribution >= 0.6 is 0 Å². The summed E-state index contributed by atoms with van der Waals surface area (Å²) in [5.74, 6) is -0.159. The van der Waals surface area contributed by atoms with Crippen molar-refractivity contribution < 1.29 is 24.2 Å². The molecule has 3 aromatic rings. The highest BCUT2D eigenvalue weighted by Crippen LogP contribution is 2.37. The molecule has 0 saturated carbocycles. The molecule has 1 heterocycles. The van der Waals surface area contributed by atoms with Crippen molar-refractivity contribution in [1.82, 2.24) is 5.32 Å². The van der Waals surface area contributed by atoms with Crippen LogP contribution < -0.4 is 15.7 Å². The third-order valence-electron chi connectivity index (χ3n) is 7.34. The first-order valence-corrected chi connectivity index (χ1v) is 15.2. The highest BCUT2D eigenvalue weighted by molar-refractivity contribution is 6.99. The average molecular weight is 534 g/mol. The van der Waals surface area contributed by atoms with Crippen LogP contribution in [-0.2, 0) is 20.6 Å². The maximum atomic E-state index is 12.3. The minimum atomic E-state index is -2.89. The number of nitrogens with one attached hydrogen (secondary N) is 1. The van der Waals surface area contributed by atoms with Gasteiger partial charge in [-0.25, -0.2) is 0 Å². The molecule has 1 fully saturated rings. The Morgan fingerprint density at radius 1 is 0.895 bits per heavy atom. The lowest BCUT2D eigenvalue weighted by atomic mass is 9.93. The lowest BCUT2D eigenvalue weighted by Gasteiger charge is -2.44. The Hall–Kier alpha value is -2.81. The van der Waals surface area contributed by atoms with Crippen molar-refractivity contribution in [3.8, 4) is 0 Å². The molecule has 0 spiro atoms. The molecule has 38 heavy (non-hydrogen) atoms. The normalized spacial score (nSPS) is 20.0. The number of piperidine rings is 1. The molecule has 0 radical (unpaired) electrons. The molecule has 0 unspecified atom stereocenters. The summed E-state index contributed by atoms with van der Waals surface area (Å²) in [6.07, 6.45) is -2.11. The quantitative estimate of drug-likeness (QED) is 0.349. The van der Waals surface area contributed by atoms with E-state index in [9.17, 15) is 15.0 Å². The lowest BCUT2D eigenvalue weighted by Crippen LogP contribution is -2.67.